The first kappa shape index (κ1) is 13.8. The maximum Gasteiger partial charge on any atom is 0.0860 e. The quantitative estimate of drug-likeness (QED) is 0.881. The van der Waals surface area contributed by atoms with Gasteiger partial charge in [-0.3, -0.25) is 4.68 Å². The molecule has 0 aromatic carbocycles. The number of morpholine rings is 1. The smallest absolute Gasteiger partial charge is 0.0860 e. The molecule has 0 spiro atoms. The van der Waals surface area contributed by atoms with E-state index in [1.165, 1.54) is 0 Å². The first-order valence-electron chi connectivity index (χ1n) is 6.26. The second kappa shape index (κ2) is 6.02. The fourth-order valence-corrected chi connectivity index (χ4v) is 2.44. The third-order valence-electron chi connectivity index (χ3n) is 3.27. The topological polar surface area (TPSA) is 42.3 Å². The highest BCUT2D eigenvalue weighted by molar-refractivity contribution is 6.31. The summed E-state index contributed by atoms with van der Waals surface area (Å²) < 4.78 is 7.52. The second-order valence-corrected chi connectivity index (χ2v) is 5.23. The van der Waals surface area contributed by atoms with Crippen LogP contribution in [0.2, 0.25) is 5.02 Å². The van der Waals surface area contributed by atoms with E-state index in [-0.39, 0.29) is 6.10 Å². The fourth-order valence-electron chi connectivity index (χ4n) is 2.21. The van der Waals surface area contributed by atoms with Crippen molar-refractivity contribution in [3.05, 3.63) is 16.4 Å². The van der Waals surface area contributed by atoms with E-state index < -0.39 is 0 Å². The molecule has 1 atom stereocenters. The van der Waals surface area contributed by atoms with Crippen molar-refractivity contribution < 1.29 is 4.74 Å². The molecule has 0 aliphatic carbocycles. The van der Waals surface area contributed by atoms with E-state index in [0.717, 1.165) is 49.2 Å². The van der Waals surface area contributed by atoms with Crippen LogP contribution in [-0.2, 0) is 18.3 Å². The van der Waals surface area contributed by atoms with Crippen LogP contribution in [-0.4, -0.2) is 54.1 Å². The lowest BCUT2D eigenvalue weighted by atomic mass is 10.2. The summed E-state index contributed by atoms with van der Waals surface area (Å²) in [4.78, 5) is 2.29. The molecule has 5 nitrogen and oxygen atoms in total. The molecule has 1 saturated heterocycles. The molecule has 2 rings (SSSR count). The number of halogens is 1. The summed E-state index contributed by atoms with van der Waals surface area (Å²) in [7, 11) is 4.04. The van der Waals surface area contributed by atoms with E-state index in [0.29, 0.717) is 0 Å². The highest BCUT2D eigenvalue weighted by Gasteiger charge is 2.17. The van der Waals surface area contributed by atoms with E-state index in [1.54, 1.807) is 0 Å². The second-order valence-electron chi connectivity index (χ2n) is 4.86. The van der Waals surface area contributed by atoms with E-state index in [9.17, 15) is 0 Å². The van der Waals surface area contributed by atoms with Crippen molar-refractivity contribution in [3.63, 3.8) is 0 Å². The van der Waals surface area contributed by atoms with Gasteiger partial charge in [0, 0.05) is 33.2 Å². The van der Waals surface area contributed by atoms with Gasteiger partial charge in [0.25, 0.3) is 0 Å². The van der Waals surface area contributed by atoms with Crippen molar-refractivity contribution in [2.24, 2.45) is 7.05 Å². The summed E-state index contributed by atoms with van der Waals surface area (Å²) >= 11 is 6.20. The van der Waals surface area contributed by atoms with E-state index >= 15 is 0 Å². The number of ether oxygens (including phenoxy) is 1. The molecule has 1 aliphatic rings. The van der Waals surface area contributed by atoms with Gasteiger partial charge in [-0.05, 0) is 14.0 Å². The maximum absolute atomic E-state index is 6.20. The summed E-state index contributed by atoms with van der Waals surface area (Å²) in [5.74, 6) is 0. The summed E-state index contributed by atoms with van der Waals surface area (Å²) in [5.41, 5.74) is 1.91. The van der Waals surface area contributed by atoms with Crippen LogP contribution in [0.4, 0.5) is 0 Å². The molecule has 2 heterocycles. The number of nitrogens with one attached hydrogen (secondary N) is 1. The van der Waals surface area contributed by atoms with E-state index in [4.69, 9.17) is 16.3 Å². The van der Waals surface area contributed by atoms with Gasteiger partial charge in [-0.1, -0.05) is 11.6 Å². The van der Waals surface area contributed by atoms with Gasteiger partial charge in [-0.25, -0.2) is 0 Å². The van der Waals surface area contributed by atoms with Crippen molar-refractivity contribution in [3.8, 4) is 0 Å². The first-order valence-corrected chi connectivity index (χ1v) is 6.64. The molecule has 1 aromatic rings. The molecule has 0 saturated carbocycles. The Morgan fingerprint density at radius 1 is 1.50 bits per heavy atom. The molecule has 102 valence electrons. The van der Waals surface area contributed by atoms with Gasteiger partial charge < -0.3 is 15.0 Å². The summed E-state index contributed by atoms with van der Waals surface area (Å²) in [6, 6.07) is 0. The highest BCUT2D eigenvalue weighted by Crippen LogP contribution is 2.18. The zero-order valence-electron chi connectivity index (χ0n) is 11.2. The van der Waals surface area contributed by atoms with Gasteiger partial charge in [0.1, 0.15) is 0 Å². The third kappa shape index (κ3) is 3.23. The van der Waals surface area contributed by atoms with E-state index in [1.807, 2.05) is 18.7 Å². The van der Waals surface area contributed by atoms with Crippen molar-refractivity contribution in [1.82, 2.24) is 20.0 Å². The van der Waals surface area contributed by atoms with Crippen molar-refractivity contribution in [1.29, 1.82) is 0 Å². The van der Waals surface area contributed by atoms with Crippen LogP contribution < -0.4 is 5.32 Å². The van der Waals surface area contributed by atoms with Crippen molar-refractivity contribution in [2.45, 2.75) is 19.6 Å². The lowest BCUT2D eigenvalue weighted by molar-refractivity contribution is -0.0182. The Bertz CT molecular complexity index is 407. The van der Waals surface area contributed by atoms with Gasteiger partial charge in [-0.2, -0.15) is 5.10 Å². The molecule has 0 amide bonds. The minimum Gasteiger partial charge on any atom is -0.374 e. The van der Waals surface area contributed by atoms with Crippen LogP contribution in [0.15, 0.2) is 0 Å². The Morgan fingerprint density at radius 3 is 2.89 bits per heavy atom. The first-order chi connectivity index (χ1) is 8.58. The Kier molecular flexibility index (Phi) is 4.61. The van der Waals surface area contributed by atoms with Crippen LogP contribution in [0, 0.1) is 6.92 Å². The van der Waals surface area contributed by atoms with E-state index in [2.05, 4.69) is 22.4 Å². The van der Waals surface area contributed by atoms with Crippen molar-refractivity contribution >= 4 is 11.6 Å². The number of aromatic nitrogens is 2. The van der Waals surface area contributed by atoms with Gasteiger partial charge >= 0.3 is 0 Å². The molecule has 1 N–H and O–H groups in total. The Hall–Kier alpha value is -0.620. The predicted molar refractivity (Wildman–Crippen MR) is 71.9 cm³/mol. The summed E-state index contributed by atoms with van der Waals surface area (Å²) in [6.45, 7) is 6.29. The van der Waals surface area contributed by atoms with Crippen LogP contribution in [0.25, 0.3) is 0 Å². The molecule has 1 aromatic heterocycles. The Labute approximate surface area is 113 Å². The number of likely N-dealkylation sites (N-methyl/N-ethyl adjacent to an activating group) is 1. The SMILES string of the molecule is Cc1nn(C)c(CNCC2CN(C)CCO2)c1Cl. The van der Waals surface area contributed by atoms with Gasteiger partial charge in [0.05, 0.1) is 29.1 Å². The molecular weight excluding hydrogens is 252 g/mol. The zero-order chi connectivity index (χ0) is 13.1. The number of aryl methyl sites for hydroxylation is 2. The largest absolute Gasteiger partial charge is 0.374 e. The average Bonchev–Trinajstić information content (AvgIpc) is 2.56. The Morgan fingerprint density at radius 2 is 2.28 bits per heavy atom. The zero-order valence-corrected chi connectivity index (χ0v) is 12.0. The average molecular weight is 273 g/mol. The minimum absolute atomic E-state index is 0.261. The fraction of sp³-hybridized carbons (Fsp3) is 0.750. The molecule has 0 bridgehead atoms. The molecule has 0 radical (unpaired) electrons. The number of hydrogen-bond acceptors (Lipinski definition) is 4. The normalized spacial score (nSPS) is 21.4. The molecule has 1 unspecified atom stereocenters. The minimum atomic E-state index is 0.261. The van der Waals surface area contributed by atoms with Crippen LogP contribution in [0.1, 0.15) is 11.4 Å². The monoisotopic (exact) mass is 272 g/mol. The Balaban J connectivity index is 1.81. The number of hydrogen-bond donors (Lipinski definition) is 1. The van der Waals surface area contributed by atoms with Gasteiger partial charge in [0.15, 0.2) is 0 Å². The number of nitrogens with zero attached hydrogens (tertiary/aromatic N) is 3. The van der Waals surface area contributed by atoms with Gasteiger partial charge in [-0.15, -0.1) is 0 Å². The third-order valence-corrected chi connectivity index (χ3v) is 3.76. The molecular formula is C12H21ClN4O. The summed E-state index contributed by atoms with van der Waals surface area (Å²) in [6.07, 6.45) is 0.261. The maximum atomic E-state index is 6.20. The van der Waals surface area contributed by atoms with Crippen LogP contribution >= 0.6 is 11.6 Å². The van der Waals surface area contributed by atoms with Crippen LogP contribution in [0.5, 0.6) is 0 Å². The van der Waals surface area contributed by atoms with Crippen LogP contribution in [0.3, 0.4) is 0 Å². The van der Waals surface area contributed by atoms with Crippen molar-refractivity contribution in [2.75, 3.05) is 33.3 Å². The van der Waals surface area contributed by atoms with Gasteiger partial charge in [0.2, 0.25) is 0 Å². The highest BCUT2D eigenvalue weighted by atomic mass is 35.5. The number of rotatable bonds is 4. The molecule has 6 heteroatoms. The lowest BCUT2D eigenvalue weighted by Crippen LogP contribution is -2.44. The molecule has 1 aliphatic heterocycles. The summed E-state index contributed by atoms with van der Waals surface area (Å²) in [5, 5.41) is 8.44. The standard InChI is InChI=1S/C12H21ClN4O/c1-9-12(13)11(17(3)15-9)7-14-6-10-8-16(2)4-5-18-10/h10,14H,4-8H2,1-3H3. The lowest BCUT2D eigenvalue weighted by Gasteiger charge is -2.30. The molecule has 18 heavy (non-hydrogen) atoms. The predicted octanol–water partition coefficient (Wildman–Crippen LogP) is 0.802. The molecule has 1 fully saturated rings.